The minimum atomic E-state index is 0.0123. The summed E-state index contributed by atoms with van der Waals surface area (Å²) < 4.78 is 5.28. The molecule has 1 fully saturated rings. The SMILES string of the molecule is OCc1c(-c2ccco2)n[nH]c1C1CC1. The molecule has 1 aliphatic carbocycles. The number of hydrogen-bond acceptors (Lipinski definition) is 3. The monoisotopic (exact) mass is 204 g/mol. The molecule has 2 aromatic heterocycles. The number of aromatic nitrogens is 2. The van der Waals surface area contributed by atoms with Crippen molar-refractivity contribution in [1.29, 1.82) is 0 Å². The van der Waals surface area contributed by atoms with Crippen molar-refractivity contribution in [2.45, 2.75) is 25.4 Å². The van der Waals surface area contributed by atoms with Gasteiger partial charge in [-0.3, -0.25) is 5.10 Å². The van der Waals surface area contributed by atoms with E-state index in [4.69, 9.17) is 4.42 Å². The summed E-state index contributed by atoms with van der Waals surface area (Å²) in [6.45, 7) is 0.0123. The molecule has 1 aliphatic rings. The number of aliphatic hydroxyl groups is 1. The second-order valence-electron chi connectivity index (χ2n) is 3.87. The molecule has 0 aromatic carbocycles. The van der Waals surface area contributed by atoms with Gasteiger partial charge in [0.2, 0.25) is 0 Å². The zero-order valence-corrected chi connectivity index (χ0v) is 8.23. The summed E-state index contributed by atoms with van der Waals surface area (Å²) in [6, 6.07) is 3.67. The summed E-state index contributed by atoms with van der Waals surface area (Å²) >= 11 is 0. The summed E-state index contributed by atoms with van der Waals surface area (Å²) in [4.78, 5) is 0. The van der Waals surface area contributed by atoms with Crippen molar-refractivity contribution < 1.29 is 9.52 Å². The Balaban J connectivity index is 2.07. The third-order valence-electron chi connectivity index (χ3n) is 2.80. The highest BCUT2D eigenvalue weighted by Gasteiger charge is 2.30. The van der Waals surface area contributed by atoms with Gasteiger partial charge in [0.25, 0.3) is 0 Å². The molecule has 0 bridgehead atoms. The zero-order valence-electron chi connectivity index (χ0n) is 8.23. The molecule has 2 aromatic rings. The maximum Gasteiger partial charge on any atom is 0.154 e. The van der Waals surface area contributed by atoms with Crippen molar-refractivity contribution in [2.24, 2.45) is 0 Å². The van der Waals surface area contributed by atoms with Crippen LogP contribution < -0.4 is 0 Å². The van der Waals surface area contributed by atoms with Gasteiger partial charge in [-0.05, 0) is 25.0 Å². The van der Waals surface area contributed by atoms with Crippen LogP contribution in [0.5, 0.6) is 0 Å². The highest BCUT2D eigenvalue weighted by Crippen LogP contribution is 2.42. The van der Waals surface area contributed by atoms with E-state index in [-0.39, 0.29) is 6.61 Å². The minimum Gasteiger partial charge on any atom is -0.463 e. The molecule has 1 saturated carbocycles. The molecule has 0 unspecified atom stereocenters. The molecule has 2 heterocycles. The van der Waals surface area contributed by atoms with E-state index in [9.17, 15) is 5.11 Å². The molecule has 0 aliphatic heterocycles. The topological polar surface area (TPSA) is 62.1 Å². The highest BCUT2D eigenvalue weighted by atomic mass is 16.3. The lowest BCUT2D eigenvalue weighted by molar-refractivity contribution is 0.281. The number of rotatable bonds is 3. The van der Waals surface area contributed by atoms with E-state index in [0.29, 0.717) is 11.7 Å². The number of aromatic amines is 1. The van der Waals surface area contributed by atoms with Crippen molar-refractivity contribution >= 4 is 0 Å². The molecular weight excluding hydrogens is 192 g/mol. The third kappa shape index (κ3) is 1.37. The molecule has 4 heteroatoms. The van der Waals surface area contributed by atoms with Gasteiger partial charge in [0.05, 0.1) is 12.9 Å². The summed E-state index contributed by atoms with van der Waals surface area (Å²) in [6.07, 6.45) is 3.99. The molecule has 3 rings (SSSR count). The number of hydrogen-bond donors (Lipinski definition) is 2. The second kappa shape index (κ2) is 3.24. The lowest BCUT2D eigenvalue weighted by Crippen LogP contribution is -1.90. The number of aliphatic hydroxyl groups excluding tert-OH is 1. The molecule has 0 radical (unpaired) electrons. The molecule has 78 valence electrons. The van der Waals surface area contributed by atoms with Crippen LogP contribution in [0, 0.1) is 0 Å². The van der Waals surface area contributed by atoms with Crippen LogP contribution in [0.4, 0.5) is 0 Å². The largest absolute Gasteiger partial charge is 0.463 e. The Hall–Kier alpha value is -1.55. The van der Waals surface area contributed by atoms with Crippen molar-refractivity contribution in [3.05, 3.63) is 29.7 Å². The summed E-state index contributed by atoms with van der Waals surface area (Å²) in [5.41, 5.74) is 2.70. The normalized spacial score (nSPS) is 15.8. The van der Waals surface area contributed by atoms with E-state index >= 15 is 0 Å². The molecule has 2 N–H and O–H groups in total. The van der Waals surface area contributed by atoms with Crippen LogP contribution in [0.2, 0.25) is 0 Å². The standard InChI is InChI=1S/C11H12N2O2/c14-6-8-10(7-3-4-7)12-13-11(8)9-2-1-5-15-9/h1-2,5,7,14H,3-4,6H2,(H,12,13). The van der Waals surface area contributed by atoms with Crippen molar-refractivity contribution in [3.8, 4) is 11.5 Å². The Morgan fingerprint density at radius 1 is 1.53 bits per heavy atom. The number of nitrogens with one attached hydrogen (secondary N) is 1. The molecule has 0 spiro atoms. The fourth-order valence-electron chi connectivity index (χ4n) is 1.87. The smallest absolute Gasteiger partial charge is 0.154 e. The van der Waals surface area contributed by atoms with Gasteiger partial charge < -0.3 is 9.52 Å². The second-order valence-corrected chi connectivity index (χ2v) is 3.87. The predicted octanol–water partition coefficient (Wildman–Crippen LogP) is 2.04. The van der Waals surface area contributed by atoms with Gasteiger partial charge in [-0.15, -0.1) is 0 Å². The van der Waals surface area contributed by atoms with Crippen LogP contribution in [0.3, 0.4) is 0 Å². The summed E-state index contributed by atoms with van der Waals surface area (Å²) in [5.74, 6) is 1.27. The van der Waals surface area contributed by atoms with Crippen LogP contribution in [0.25, 0.3) is 11.5 Å². The average molecular weight is 204 g/mol. The van der Waals surface area contributed by atoms with Crippen molar-refractivity contribution in [2.75, 3.05) is 0 Å². The summed E-state index contributed by atoms with van der Waals surface area (Å²) in [7, 11) is 0. The fourth-order valence-corrected chi connectivity index (χ4v) is 1.87. The highest BCUT2D eigenvalue weighted by molar-refractivity contribution is 5.58. The zero-order chi connectivity index (χ0) is 10.3. The lowest BCUT2D eigenvalue weighted by atomic mass is 10.1. The van der Waals surface area contributed by atoms with Gasteiger partial charge in [0.15, 0.2) is 5.76 Å². The van der Waals surface area contributed by atoms with E-state index < -0.39 is 0 Å². The first-order valence-corrected chi connectivity index (χ1v) is 5.12. The van der Waals surface area contributed by atoms with Crippen LogP contribution >= 0.6 is 0 Å². The fraction of sp³-hybridized carbons (Fsp3) is 0.364. The molecule has 0 amide bonds. The van der Waals surface area contributed by atoms with Gasteiger partial charge in [0, 0.05) is 17.2 Å². The number of nitrogens with zero attached hydrogens (tertiary/aromatic N) is 1. The molecule has 4 nitrogen and oxygen atoms in total. The minimum absolute atomic E-state index is 0.0123. The van der Waals surface area contributed by atoms with Gasteiger partial charge in [-0.2, -0.15) is 5.10 Å². The van der Waals surface area contributed by atoms with Crippen LogP contribution in [0.1, 0.15) is 30.0 Å². The van der Waals surface area contributed by atoms with E-state index in [2.05, 4.69) is 10.2 Å². The molecule has 0 saturated heterocycles. The summed E-state index contributed by atoms with van der Waals surface area (Å²) in [5, 5.41) is 16.6. The van der Waals surface area contributed by atoms with Gasteiger partial charge in [-0.25, -0.2) is 0 Å². The molecule has 0 atom stereocenters. The van der Waals surface area contributed by atoms with E-state index in [1.54, 1.807) is 6.26 Å². The van der Waals surface area contributed by atoms with Crippen LogP contribution in [-0.2, 0) is 6.61 Å². The number of H-pyrrole nitrogens is 1. The maximum absolute atomic E-state index is 9.36. The average Bonchev–Trinajstić information content (AvgIpc) is 2.83. The van der Waals surface area contributed by atoms with Crippen LogP contribution in [-0.4, -0.2) is 15.3 Å². The van der Waals surface area contributed by atoms with E-state index in [0.717, 1.165) is 17.0 Å². The number of furan rings is 1. The Morgan fingerprint density at radius 3 is 3.00 bits per heavy atom. The Labute approximate surface area is 86.9 Å². The van der Waals surface area contributed by atoms with E-state index in [1.165, 1.54) is 12.8 Å². The first kappa shape index (κ1) is 8.73. The van der Waals surface area contributed by atoms with Crippen LogP contribution in [0.15, 0.2) is 22.8 Å². The van der Waals surface area contributed by atoms with Crippen molar-refractivity contribution in [3.63, 3.8) is 0 Å². The van der Waals surface area contributed by atoms with Gasteiger partial charge in [0.1, 0.15) is 5.69 Å². The third-order valence-corrected chi connectivity index (χ3v) is 2.80. The Bertz CT molecular complexity index is 455. The van der Waals surface area contributed by atoms with E-state index in [1.807, 2.05) is 12.1 Å². The predicted molar refractivity (Wildman–Crippen MR) is 54.2 cm³/mol. The van der Waals surface area contributed by atoms with Crippen molar-refractivity contribution in [1.82, 2.24) is 10.2 Å². The van der Waals surface area contributed by atoms with Gasteiger partial charge in [-0.1, -0.05) is 0 Å². The Kier molecular flexibility index (Phi) is 1.89. The first-order valence-electron chi connectivity index (χ1n) is 5.12. The molecular formula is C11H12N2O2. The first-order chi connectivity index (χ1) is 7.40. The molecule has 15 heavy (non-hydrogen) atoms. The Morgan fingerprint density at radius 2 is 2.40 bits per heavy atom. The maximum atomic E-state index is 9.36. The quantitative estimate of drug-likeness (QED) is 0.804. The van der Waals surface area contributed by atoms with Gasteiger partial charge >= 0.3 is 0 Å². The lowest BCUT2D eigenvalue weighted by Gasteiger charge is -1.98.